The predicted molar refractivity (Wildman–Crippen MR) is 93.0 cm³/mol. The molecule has 0 radical (unpaired) electrons. The Morgan fingerprint density at radius 2 is 2.33 bits per heavy atom. The van der Waals surface area contributed by atoms with Crippen molar-refractivity contribution < 1.29 is 14.3 Å². The van der Waals surface area contributed by atoms with Crippen LogP contribution in [0.15, 0.2) is 35.0 Å². The molecule has 1 atom stereocenters. The smallest absolute Gasteiger partial charge is 0.356 e. The SMILES string of the molecule is COC(=O)c1cccc(CN(Cc2ccsc2)CC2CCCO2)n1. The van der Waals surface area contributed by atoms with E-state index in [4.69, 9.17) is 9.47 Å². The van der Waals surface area contributed by atoms with Crippen molar-refractivity contribution in [2.24, 2.45) is 0 Å². The molecule has 0 spiro atoms. The minimum absolute atomic E-state index is 0.285. The number of methoxy groups -OCH3 is 1. The van der Waals surface area contributed by atoms with E-state index in [-0.39, 0.29) is 6.10 Å². The summed E-state index contributed by atoms with van der Waals surface area (Å²) in [6.07, 6.45) is 2.52. The molecule has 0 amide bonds. The zero-order valence-corrected chi connectivity index (χ0v) is 14.6. The number of ether oxygens (including phenoxy) is 2. The van der Waals surface area contributed by atoms with Crippen molar-refractivity contribution >= 4 is 17.3 Å². The first-order chi connectivity index (χ1) is 11.7. The van der Waals surface area contributed by atoms with E-state index in [1.165, 1.54) is 12.7 Å². The predicted octanol–water partition coefficient (Wildman–Crippen LogP) is 3.11. The molecule has 1 fully saturated rings. The number of pyridine rings is 1. The molecule has 3 heterocycles. The standard InChI is InChI=1S/C18H22N2O3S/c1-22-18(21)17-6-2-4-15(19-17)11-20(10-14-7-9-24-13-14)12-16-5-3-8-23-16/h2,4,6-7,9,13,16H,3,5,8,10-12H2,1H3. The second kappa shape index (κ2) is 8.37. The van der Waals surface area contributed by atoms with E-state index in [0.717, 1.165) is 38.2 Å². The summed E-state index contributed by atoms with van der Waals surface area (Å²) in [6.45, 7) is 3.26. The molecule has 6 heteroatoms. The van der Waals surface area contributed by atoms with Gasteiger partial charge >= 0.3 is 5.97 Å². The number of thiophene rings is 1. The van der Waals surface area contributed by atoms with Crippen LogP contribution in [0.4, 0.5) is 0 Å². The summed E-state index contributed by atoms with van der Waals surface area (Å²) in [6, 6.07) is 7.62. The van der Waals surface area contributed by atoms with E-state index in [1.807, 2.05) is 12.1 Å². The second-order valence-corrected chi connectivity index (χ2v) is 6.72. The van der Waals surface area contributed by atoms with Crippen LogP contribution in [0.5, 0.6) is 0 Å². The number of rotatable bonds is 7. The molecule has 1 aliphatic heterocycles. The lowest BCUT2D eigenvalue weighted by Gasteiger charge is -2.24. The van der Waals surface area contributed by atoms with Gasteiger partial charge < -0.3 is 9.47 Å². The van der Waals surface area contributed by atoms with Crippen molar-refractivity contribution in [1.82, 2.24) is 9.88 Å². The molecular weight excluding hydrogens is 324 g/mol. The van der Waals surface area contributed by atoms with Crippen molar-refractivity contribution in [3.05, 3.63) is 52.0 Å². The minimum Gasteiger partial charge on any atom is -0.464 e. The van der Waals surface area contributed by atoms with Gasteiger partial charge in [0.05, 0.1) is 18.9 Å². The van der Waals surface area contributed by atoms with Gasteiger partial charge in [-0.3, -0.25) is 4.90 Å². The lowest BCUT2D eigenvalue weighted by atomic mass is 10.2. The zero-order valence-electron chi connectivity index (χ0n) is 13.8. The number of carbonyl (C=O) groups excluding carboxylic acids is 1. The highest BCUT2D eigenvalue weighted by atomic mass is 32.1. The maximum Gasteiger partial charge on any atom is 0.356 e. The van der Waals surface area contributed by atoms with E-state index in [2.05, 4.69) is 26.7 Å². The first-order valence-electron chi connectivity index (χ1n) is 8.14. The van der Waals surface area contributed by atoms with Crippen LogP contribution in [0.2, 0.25) is 0 Å². The first kappa shape index (κ1) is 17.1. The summed E-state index contributed by atoms with van der Waals surface area (Å²) < 4.78 is 10.5. The van der Waals surface area contributed by atoms with Gasteiger partial charge in [-0.1, -0.05) is 6.07 Å². The van der Waals surface area contributed by atoms with Gasteiger partial charge in [-0.25, -0.2) is 9.78 Å². The molecule has 0 saturated carbocycles. The van der Waals surface area contributed by atoms with Gasteiger partial charge in [-0.05, 0) is 47.4 Å². The Kier molecular flexibility index (Phi) is 5.96. The van der Waals surface area contributed by atoms with Crippen molar-refractivity contribution in [3.63, 3.8) is 0 Å². The molecule has 1 aliphatic rings. The molecule has 1 unspecified atom stereocenters. The highest BCUT2D eigenvalue weighted by Gasteiger charge is 2.20. The van der Waals surface area contributed by atoms with E-state index in [1.54, 1.807) is 17.4 Å². The lowest BCUT2D eigenvalue weighted by molar-refractivity contribution is 0.0590. The number of hydrogen-bond donors (Lipinski definition) is 0. The van der Waals surface area contributed by atoms with Crippen LogP contribution in [-0.2, 0) is 22.6 Å². The molecule has 0 aromatic carbocycles. The fraction of sp³-hybridized carbons (Fsp3) is 0.444. The van der Waals surface area contributed by atoms with Crippen LogP contribution in [0.3, 0.4) is 0 Å². The molecule has 128 valence electrons. The molecule has 1 saturated heterocycles. The molecule has 5 nitrogen and oxygen atoms in total. The van der Waals surface area contributed by atoms with Crippen molar-refractivity contribution in [2.45, 2.75) is 32.0 Å². The van der Waals surface area contributed by atoms with Crippen LogP contribution < -0.4 is 0 Å². The second-order valence-electron chi connectivity index (χ2n) is 5.94. The van der Waals surface area contributed by atoms with Gasteiger partial charge in [0.1, 0.15) is 5.69 Å². The molecule has 0 aliphatic carbocycles. The van der Waals surface area contributed by atoms with Crippen molar-refractivity contribution in [2.75, 3.05) is 20.3 Å². The average molecular weight is 346 g/mol. The summed E-state index contributed by atoms with van der Waals surface area (Å²) in [5.74, 6) is -0.402. The van der Waals surface area contributed by atoms with Gasteiger partial charge in [0.2, 0.25) is 0 Å². The molecule has 3 rings (SSSR count). The number of hydrogen-bond acceptors (Lipinski definition) is 6. The highest BCUT2D eigenvalue weighted by Crippen LogP contribution is 2.18. The summed E-state index contributed by atoms with van der Waals surface area (Å²) in [5.41, 5.74) is 2.51. The highest BCUT2D eigenvalue weighted by molar-refractivity contribution is 7.07. The summed E-state index contributed by atoms with van der Waals surface area (Å²) in [5, 5.41) is 4.26. The maximum absolute atomic E-state index is 11.7. The van der Waals surface area contributed by atoms with E-state index in [9.17, 15) is 4.79 Å². The van der Waals surface area contributed by atoms with Crippen LogP contribution >= 0.6 is 11.3 Å². The van der Waals surface area contributed by atoms with Crippen molar-refractivity contribution in [3.8, 4) is 0 Å². The summed E-state index contributed by atoms with van der Waals surface area (Å²) in [4.78, 5) is 18.4. The van der Waals surface area contributed by atoms with Crippen LogP contribution in [0.25, 0.3) is 0 Å². The fourth-order valence-electron chi connectivity index (χ4n) is 2.92. The topological polar surface area (TPSA) is 51.7 Å². The van der Waals surface area contributed by atoms with E-state index >= 15 is 0 Å². The minimum atomic E-state index is -0.402. The molecule has 2 aromatic rings. The third-order valence-corrected chi connectivity index (χ3v) is 4.79. The molecule has 24 heavy (non-hydrogen) atoms. The number of carbonyl (C=O) groups is 1. The Morgan fingerprint density at radius 1 is 1.42 bits per heavy atom. The Hall–Kier alpha value is -1.76. The third kappa shape index (κ3) is 4.63. The Morgan fingerprint density at radius 3 is 3.04 bits per heavy atom. The third-order valence-electron chi connectivity index (χ3n) is 4.06. The zero-order chi connectivity index (χ0) is 16.8. The van der Waals surface area contributed by atoms with Crippen LogP contribution in [0.1, 0.15) is 34.6 Å². The van der Waals surface area contributed by atoms with Gasteiger partial charge in [-0.2, -0.15) is 11.3 Å². The Labute approximate surface area is 146 Å². The Balaban J connectivity index is 1.71. The number of aromatic nitrogens is 1. The normalized spacial score (nSPS) is 17.3. The summed E-state index contributed by atoms with van der Waals surface area (Å²) >= 11 is 1.71. The van der Waals surface area contributed by atoms with Gasteiger partial charge in [0.15, 0.2) is 0 Å². The largest absolute Gasteiger partial charge is 0.464 e. The fourth-order valence-corrected chi connectivity index (χ4v) is 3.58. The first-order valence-corrected chi connectivity index (χ1v) is 9.08. The van der Waals surface area contributed by atoms with Crippen LogP contribution in [-0.4, -0.2) is 42.2 Å². The lowest BCUT2D eigenvalue weighted by Crippen LogP contribution is -2.31. The molecule has 0 N–H and O–H groups in total. The number of nitrogens with zero attached hydrogens (tertiary/aromatic N) is 2. The van der Waals surface area contributed by atoms with Crippen molar-refractivity contribution in [1.29, 1.82) is 0 Å². The molecule has 2 aromatic heterocycles. The monoisotopic (exact) mass is 346 g/mol. The molecule has 0 bridgehead atoms. The van der Waals surface area contributed by atoms with E-state index in [0.29, 0.717) is 12.2 Å². The van der Waals surface area contributed by atoms with Crippen LogP contribution in [0, 0.1) is 0 Å². The molecular formula is C18H22N2O3S. The van der Waals surface area contributed by atoms with Gasteiger partial charge in [-0.15, -0.1) is 0 Å². The quantitative estimate of drug-likeness (QED) is 0.721. The number of esters is 1. The maximum atomic E-state index is 11.7. The average Bonchev–Trinajstić information content (AvgIpc) is 3.28. The summed E-state index contributed by atoms with van der Waals surface area (Å²) in [7, 11) is 1.37. The Bertz CT molecular complexity index is 654. The van der Waals surface area contributed by atoms with E-state index < -0.39 is 5.97 Å². The van der Waals surface area contributed by atoms with Gasteiger partial charge in [0, 0.05) is 26.2 Å². The van der Waals surface area contributed by atoms with Gasteiger partial charge in [0.25, 0.3) is 0 Å².